The minimum Gasteiger partial charge on any atom is -0.480 e. The molecular formula is C22H24N2O4. The lowest BCUT2D eigenvalue weighted by atomic mass is 9.98. The predicted octanol–water partition coefficient (Wildman–Crippen LogP) is 3.07. The van der Waals surface area contributed by atoms with Crippen LogP contribution in [0.3, 0.4) is 0 Å². The number of benzene rings is 2. The first kappa shape index (κ1) is 18.5. The van der Waals surface area contributed by atoms with E-state index in [-0.39, 0.29) is 25.1 Å². The van der Waals surface area contributed by atoms with Crippen LogP contribution < -0.4 is 5.32 Å². The highest BCUT2D eigenvalue weighted by molar-refractivity contribution is 5.79. The highest BCUT2D eigenvalue weighted by atomic mass is 16.5. The zero-order valence-corrected chi connectivity index (χ0v) is 15.6. The van der Waals surface area contributed by atoms with E-state index in [0.717, 1.165) is 19.4 Å². The number of alkyl carbamates (subject to hydrolysis) is 1. The fraction of sp³-hybridized carbons (Fsp3) is 0.364. The highest BCUT2D eigenvalue weighted by Crippen LogP contribution is 2.44. The summed E-state index contributed by atoms with van der Waals surface area (Å²) in [6.07, 6.45) is 1.26. The number of hydrogen-bond acceptors (Lipinski definition) is 4. The van der Waals surface area contributed by atoms with E-state index < -0.39 is 12.1 Å². The van der Waals surface area contributed by atoms with Gasteiger partial charge in [0.1, 0.15) is 6.61 Å². The first-order valence-electron chi connectivity index (χ1n) is 9.67. The Labute approximate surface area is 164 Å². The number of carboxylic acids is 1. The summed E-state index contributed by atoms with van der Waals surface area (Å²) in [5.74, 6) is -0.810. The molecule has 2 aliphatic rings. The molecule has 0 bridgehead atoms. The van der Waals surface area contributed by atoms with Crippen LogP contribution >= 0.6 is 0 Å². The van der Waals surface area contributed by atoms with Crippen molar-refractivity contribution >= 4 is 12.1 Å². The maximum absolute atomic E-state index is 12.4. The van der Waals surface area contributed by atoms with Gasteiger partial charge in [-0.25, -0.2) is 4.79 Å². The van der Waals surface area contributed by atoms with E-state index in [1.165, 1.54) is 22.3 Å². The van der Waals surface area contributed by atoms with Crippen molar-refractivity contribution in [1.82, 2.24) is 10.2 Å². The third-order valence-corrected chi connectivity index (χ3v) is 5.53. The molecule has 6 nitrogen and oxygen atoms in total. The number of likely N-dealkylation sites (tertiary alicyclic amines) is 1. The van der Waals surface area contributed by atoms with E-state index in [1.807, 2.05) is 29.2 Å². The second-order valence-corrected chi connectivity index (χ2v) is 7.44. The molecule has 4 rings (SSSR count). The smallest absolute Gasteiger partial charge is 0.407 e. The number of amides is 1. The van der Waals surface area contributed by atoms with Crippen LogP contribution in [0.2, 0.25) is 0 Å². The quantitative estimate of drug-likeness (QED) is 0.833. The van der Waals surface area contributed by atoms with Gasteiger partial charge in [-0.15, -0.1) is 0 Å². The normalized spacial score (nSPS) is 18.9. The van der Waals surface area contributed by atoms with Gasteiger partial charge in [-0.2, -0.15) is 0 Å². The van der Waals surface area contributed by atoms with Crippen molar-refractivity contribution in [3.8, 4) is 11.1 Å². The average molecular weight is 380 g/mol. The molecular weight excluding hydrogens is 356 g/mol. The Morgan fingerprint density at radius 2 is 1.71 bits per heavy atom. The number of carboxylic acid groups (broad SMARTS) is 1. The van der Waals surface area contributed by atoms with Crippen LogP contribution in [0.15, 0.2) is 48.5 Å². The van der Waals surface area contributed by atoms with E-state index >= 15 is 0 Å². The molecule has 1 fully saturated rings. The topological polar surface area (TPSA) is 78.9 Å². The van der Waals surface area contributed by atoms with Gasteiger partial charge in [-0.05, 0) is 41.6 Å². The first-order chi connectivity index (χ1) is 13.6. The van der Waals surface area contributed by atoms with Crippen molar-refractivity contribution in [3.05, 3.63) is 59.7 Å². The molecule has 2 aromatic carbocycles. The van der Waals surface area contributed by atoms with Crippen LogP contribution in [0.1, 0.15) is 29.9 Å². The number of rotatable bonds is 5. The predicted molar refractivity (Wildman–Crippen MR) is 105 cm³/mol. The molecule has 1 atom stereocenters. The van der Waals surface area contributed by atoms with Gasteiger partial charge in [0, 0.05) is 18.5 Å². The van der Waals surface area contributed by atoms with E-state index in [0.29, 0.717) is 6.54 Å². The van der Waals surface area contributed by atoms with Crippen LogP contribution in [0, 0.1) is 0 Å². The van der Waals surface area contributed by atoms with Gasteiger partial charge in [-0.3, -0.25) is 9.69 Å². The van der Waals surface area contributed by atoms with E-state index in [1.54, 1.807) is 0 Å². The minimum atomic E-state index is -0.846. The lowest BCUT2D eigenvalue weighted by Gasteiger charge is -2.31. The van der Waals surface area contributed by atoms with Crippen molar-refractivity contribution in [3.63, 3.8) is 0 Å². The van der Waals surface area contributed by atoms with E-state index in [2.05, 4.69) is 29.6 Å². The summed E-state index contributed by atoms with van der Waals surface area (Å²) in [4.78, 5) is 25.1. The second kappa shape index (κ2) is 8.02. The number of nitrogens with zero attached hydrogens (tertiary/aromatic N) is 1. The SMILES string of the molecule is O=C(O)CN1CCCC(NC(=O)OCC2c3ccccc3-c3ccccc32)C1. The fourth-order valence-electron chi connectivity index (χ4n) is 4.31. The molecule has 2 N–H and O–H groups in total. The largest absolute Gasteiger partial charge is 0.480 e. The highest BCUT2D eigenvalue weighted by Gasteiger charge is 2.29. The maximum atomic E-state index is 12.4. The number of fused-ring (bicyclic) bond motifs is 3. The van der Waals surface area contributed by atoms with Crippen molar-refractivity contribution < 1.29 is 19.4 Å². The van der Waals surface area contributed by atoms with Gasteiger partial charge in [0.2, 0.25) is 0 Å². The molecule has 1 aliphatic carbocycles. The average Bonchev–Trinajstić information content (AvgIpc) is 3.00. The lowest BCUT2D eigenvalue weighted by Crippen LogP contribution is -2.49. The molecule has 2 aromatic rings. The molecule has 1 unspecified atom stereocenters. The van der Waals surface area contributed by atoms with Crippen molar-refractivity contribution in [2.75, 3.05) is 26.2 Å². The van der Waals surface area contributed by atoms with Crippen molar-refractivity contribution in [2.24, 2.45) is 0 Å². The Morgan fingerprint density at radius 3 is 2.36 bits per heavy atom. The lowest BCUT2D eigenvalue weighted by molar-refractivity contribution is -0.138. The Bertz CT molecular complexity index is 837. The van der Waals surface area contributed by atoms with Crippen LogP contribution in [-0.4, -0.2) is 54.4 Å². The van der Waals surface area contributed by atoms with Gasteiger partial charge < -0.3 is 15.2 Å². The summed E-state index contributed by atoms with van der Waals surface area (Å²) in [6.45, 7) is 1.57. The van der Waals surface area contributed by atoms with E-state index in [4.69, 9.17) is 9.84 Å². The number of carbonyl (C=O) groups is 2. The van der Waals surface area contributed by atoms with Gasteiger partial charge in [0.05, 0.1) is 6.54 Å². The molecule has 146 valence electrons. The molecule has 0 radical (unpaired) electrons. The number of aliphatic carboxylic acids is 1. The molecule has 1 aliphatic heterocycles. The molecule has 28 heavy (non-hydrogen) atoms. The number of nitrogens with one attached hydrogen (secondary N) is 1. The van der Waals surface area contributed by atoms with E-state index in [9.17, 15) is 9.59 Å². The van der Waals surface area contributed by atoms with Gasteiger partial charge >= 0.3 is 12.1 Å². The van der Waals surface area contributed by atoms with Gasteiger partial charge in [0.25, 0.3) is 0 Å². The summed E-state index contributed by atoms with van der Waals surface area (Å²) >= 11 is 0. The third-order valence-electron chi connectivity index (χ3n) is 5.53. The molecule has 1 heterocycles. The van der Waals surface area contributed by atoms with Crippen LogP contribution in [0.4, 0.5) is 4.79 Å². The summed E-state index contributed by atoms with van der Waals surface area (Å²) in [5, 5.41) is 11.8. The van der Waals surface area contributed by atoms with Gasteiger partial charge in [0.15, 0.2) is 0 Å². The first-order valence-corrected chi connectivity index (χ1v) is 9.67. The number of hydrogen-bond donors (Lipinski definition) is 2. The summed E-state index contributed by atoms with van der Waals surface area (Å²) in [7, 11) is 0. The van der Waals surface area contributed by atoms with Gasteiger partial charge in [-0.1, -0.05) is 48.5 Å². The van der Waals surface area contributed by atoms with Crippen LogP contribution in [0.5, 0.6) is 0 Å². The molecule has 6 heteroatoms. The maximum Gasteiger partial charge on any atom is 0.407 e. The van der Waals surface area contributed by atoms with Crippen molar-refractivity contribution in [2.45, 2.75) is 24.8 Å². The number of ether oxygens (including phenoxy) is 1. The Kier molecular flexibility index (Phi) is 5.30. The molecule has 0 aromatic heterocycles. The molecule has 0 saturated carbocycles. The summed E-state index contributed by atoms with van der Waals surface area (Å²) in [5.41, 5.74) is 4.76. The second-order valence-electron chi connectivity index (χ2n) is 7.44. The summed E-state index contributed by atoms with van der Waals surface area (Å²) < 4.78 is 5.57. The molecule has 1 amide bonds. The number of carbonyl (C=O) groups excluding carboxylic acids is 1. The van der Waals surface area contributed by atoms with Crippen LogP contribution in [-0.2, 0) is 9.53 Å². The third kappa shape index (κ3) is 3.87. The van der Waals surface area contributed by atoms with Crippen LogP contribution in [0.25, 0.3) is 11.1 Å². The Hall–Kier alpha value is -2.86. The minimum absolute atomic E-state index is 0.00285. The molecule has 0 spiro atoms. The number of piperidine rings is 1. The molecule has 1 saturated heterocycles. The standard InChI is InChI=1S/C22H24N2O4/c25-21(26)13-24-11-5-6-15(12-24)23-22(27)28-14-20-18-9-3-1-7-16(18)17-8-2-4-10-19(17)20/h1-4,7-10,15,20H,5-6,11-14H2,(H,23,27)(H,25,26). The zero-order chi connectivity index (χ0) is 19.5. The monoisotopic (exact) mass is 380 g/mol. The Balaban J connectivity index is 1.37. The fourth-order valence-corrected chi connectivity index (χ4v) is 4.31. The summed E-state index contributed by atoms with van der Waals surface area (Å²) in [6, 6.07) is 16.4. The zero-order valence-electron chi connectivity index (χ0n) is 15.6. The Morgan fingerprint density at radius 1 is 1.07 bits per heavy atom. The van der Waals surface area contributed by atoms with Crippen molar-refractivity contribution in [1.29, 1.82) is 0 Å².